The molecule has 0 amide bonds. The molecule has 0 N–H and O–H groups in total. The average Bonchev–Trinajstić information content (AvgIpc) is 1.99. The summed E-state index contributed by atoms with van der Waals surface area (Å²) in [6.45, 7) is 11.6. The van der Waals surface area contributed by atoms with Crippen LogP contribution in [0.15, 0.2) is 37.0 Å². The van der Waals surface area contributed by atoms with Gasteiger partial charge in [-0.3, -0.25) is 4.79 Å². The highest BCUT2D eigenvalue weighted by atomic mass is 16.1. The molecule has 1 heteroatoms. The van der Waals surface area contributed by atoms with Crippen molar-refractivity contribution >= 4 is 5.78 Å². The van der Waals surface area contributed by atoms with E-state index in [-0.39, 0.29) is 17.1 Å². The quantitative estimate of drug-likeness (QED) is 0.427. The van der Waals surface area contributed by atoms with Gasteiger partial charge in [0.15, 0.2) is 5.78 Å². The first kappa shape index (κ1) is 8.98. The van der Waals surface area contributed by atoms with E-state index in [0.29, 0.717) is 5.57 Å². The molecule has 1 atom stereocenters. The van der Waals surface area contributed by atoms with Crippen LogP contribution in [0, 0.1) is 11.3 Å². The van der Waals surface area contributed by atoms with Crippen LogP contribution in [0.1, 0.15) is 13.8 Å². The summed E-state index contributed by atoms with van der Waals surface area (Å²) in [5.74, 6) is 0.106. The van der Waals surface area contributed by atoms with E-state index >= 15 is 0 Å². The minimum absolute atomic E-state index is 0.0211. The number of carbonyl (C=O) groups is 1. The minimum atomic E-state index is -0.0211. The zero-order valence-corrected chi connectivity index (χ0v) is 7.63. The van der Waals surface area contributed by atoms with E-state index in [1.54, 1.807) is 12.2 Å². The third kappa shape index (κ3) is 1.27. The van der Waals surface area contributed by atoms with Crippen molar-refractivity contribution in [2.75, 3.05) is 0 Å². The SMILES string of the molecule is C=CC1C(=C)C(=O)C=CC1(C)C. The molecule has 0 radical (unpaired) electrons. The van der Waals surface area contributed by atoms with E-state index in [1.807, 2.05) is 6.08 Å². The van der Waals surface area contributed by atoms with Crippen LogP contribution in [-0.2, 0) is 4.79 Å². The van der Waals surface area contributed by atoms with Crippen molar-refractivity contribution in [2.24, 2.45) is 11.3 Å². The van der Waals surface area contributed by atoms with E-state index < -0.39 is 0 Å². The first-order valence-electron chi connectivity index (χ1n) is 4.04. The Balaban J connectivity index is 3.11. The van der Waals surface area contributed by atoms with Crippen LogP contribution in [0.3, 0.4) is 0 Å². The van der Waals surface area contributed by atoms with Crippen LogP contribution in [0.4, 0.5) is 0 Å². The Hall–Kier alpha value is -1.11. The summed E-state index contributed by atoms with van der Waals surface area (Å²) in [5, 5.41) is 0. The lowest BCUT2D eigenvalue weighted by Crippen LogP contribution is -2.28. The maximum Gasteiger partial charge on any atom is 0.181 e. The Morgan fingerprint density at radius 1 is 1.58 bits per heavy atom. The molecular formula is C11H14O. The number of allylic oxidation sites excluding steroid dienone is 4. The summed E-state index contributed by atoms with van der Waals surface area (Å²) >= 11 is 0. The topological polar surface area (TPSA) is 17.1 Å². The molecule has 1 unspecified atom stereocenters. The third-order valence-corrected chi connectivity index (χ3v) is 2.39. The summed E-state index contributed by atoms with van der Waals surface area (Å²) in [5.41, 5.74) is 0.629. The van der Waals surface area contributed by atoms with Gasteiger partial charge in [0.25, 0.3) is 0 Å². The lowest BCUT2D eigenvalue weighted by molar-refractivity contribution is -0.112. The predicted octanol–water partition coefficient (Wildman–Crippen LogP) is 2.51. The van der Waals surface area contributed by atoms with Gasteiger partial charge in [-0.25, -0.2) is 0 Å². The molecule has 0 aromatic rings. The fourth-order valence-electron chi connectivity index (χ4n) is 1.55. The first-order chi connectivity index (χ1) is 5.49. The average molecular weight is 162 g/mol. The fraction of sp³-hybridized carbons (Fsp3) is 0.364. The minimum Gasteiger partial charge on any atom is -0.290 e. The molecule has 1 aliphatic carbocycles. The molecule has 64 valence electrons. The van der Waals surface area contributed by atoms with E-state index in [1.165, 1.54) is 0 Å². The normalized spacial score (nSPS) is 27.3. The third-order valence-electron chi connectivity index (χ3n) is 2.39. The van der Waals surface area contributed by atoms with Crippen LogP contribution in [0.2, 0.25) is 0 Å². The van der Waals surface area contributed by atoms with E-state index in [0.717, 1.165) is 0 Å². The van der Waals surface area contributed by atoms with Gasteiger partial charge in [0.05, 0.1) is 0 Å². The molecule has 0 fully saturated rings. The summed E-state index contributed by atoms with van der Waals surface area (Å²) in [6, 6.07) is 0. The Bertz CT molecular complexity index is 269. The highest BCUT2D eigenvalue weighted by Crippen LogP contribution is 2.37. The standard InChI is InChI=1S/C11H14O/c1-5-9-8(2)10(12)6-7-11(9,3)4/h5-7,9H,1-2H2,3-4H3. The lowest BCUT2D eigenvalue weighted by Gasteiger charge is -2.32. The molecule has 0 aliphatic heterocycles. The van der Waals surface area contributed by atoms with Crippen molar-refractivity contribution in [3.05, 3.63) is 37.0 Å². The molecule has 0 bridgehead atoms. The Labute approximate surface area is 73.5 Å². The number of hydrogen-bond donors (Lipinski definition) is 0. The maximum atomic E-state index is 11.2. The molecule has 0 aromatic carbocycles. The van der Waals surface area contributed by atoms with Gasteiger partial charge in [-0.1, -0.05) is 32.6 Å². The van der Waals surface area contributed by atoms with Crippen molar-refractivity contribution in [1.82, 2.24) is 0 Å². The second kappa shape index (κ2) is 2.74. The smallest absolute Gasteiger partial charge is 0.181 e. The second-order valence-electron chi connectivity index (χ2n) is 3.76. The van der Waals surface area contributed by atoms with E-state index in [2.05, 4.69) is 27.0 Å². The summed E-state index contributed by atoms with van der Waals surface area (Å²) in [6.07, 6.45) is 5.32. The van der Waals surface area contributed by atoms with Crippen molar-refractivity contribution in [3.8, 4) is 0 Å². The lowest BCUT2D eigenvalue weighted by atomic mass is 9.70. The highest BCUT2D eigenvalue weighted by Gasteiger charge is 2.32. The molecule has 0 spiro atoms. The van der Waals surface area contributed by atoms with Crippen molar-refractivity contribution in [1.29, 1.82) is 0 Å². The maximum absolute atomic E-state index is 11.2. The van der Waals surface area contributed by atoms with Gasteiger partial charge in [-0.15, -0.1) is 6.58 Å². The monoisotopic (exact) mass is 162 g/mol. The molecule has 1 rings (SSSR count). The summed E-state index contributed by atoms with van der Waals surface area (Å²) < 4.78 is 0. The van der Waals surface area contributed by atoms with Crippen LogP contribution in [0.25, 0.3) is 0 Å². The molecule has 12 heavy (non-hydrogen) atoms. The molecule has 0 aromatic heterocycles. The molecule has 0 saturated carbocycles. The molecular weight excluding hydrogens is 148 g/mol. The number of ketones is 1. The Morgan fingerprint density at radius 3 is 2.58 bits per heavy atom. The number of hydrogen-bond acceptors (Lipinski definition) is 1. The van der Waals surface area contributed by atoms with Gasteiger partial charge >= 0.3 is 0 Å². The van der Waals surface area contributed by atoms with Crippen molar-refractivity contribution < 1.29 is 4.79 Å². The largest absolute Gasteiger partial charge is 0.290 e. The summed E-state index contributed by atoms with van der Waals surface area (Å²) in [7, 11) is 0. The van der Waals surface area contributed by atoms with Crippen LogP contribution < -0.4 is 0 Å². The van der Waals surface area contributed by atoms with Crippen molar-refractivity contribution in [3.63, 3.8) is 0 Å². The second-order valence-corrected chi connectivity index (χ2v) is 3.76. The summed E-state index contributed by atoms with van der Waals surface area (Å²) in [4.78, 5) is 11.2. The van der Waals surface area contributed by atoms with Crippen LogP contribution in [-0.4, -0.2) is 5.78 Å². The predicted molar refractivity (Wildman–Crippen MR) is 50.8 cm³/mol. The number of carbonyl (C=O) groups excluding carboxylic acids is 1. The van der Waals surface area contributed by atoms with Gasteiger partial charge in [0.1, 0.15) is 0 Å². The van der Waals surface area contributed by atoms with Gasteiger partial charge < -0.3 is 0 Å². The van der Waals surface area contributed by atoms with Gasteiger partial charge in [0, 0.05) is 5.92 Å². The van der Waals surface area contributed by atoms with Crippen LogP contribution in [0.5, 0.6) is 0 Å². The van der Waals surface area contributed by atoms with Gasteiger partial charge in [-0.05, 0) is 17.1 Å². The van der Waals surface area contributed by atoms with Gasteiger partial charge in [-0.2, -0.15) is 0 Å². The molecule has 1 aliphatic rings. The molecule has 1 nitrogen and oxygen atoms in total. The Kier molecular flexibility index (Phi) is 2.05. The zero-order valence-electron chi connectivity index (χ0n) is 7.63. The zero-order chi connectivity index (χ0) is 9.35. The fourth-order valence-corrected chi connectivity index (χ4v) is 1.55. The van der Waals surface area contributed by atoms with Gasteiger partial charge in [0.2, 0.25) is 0 Å². The van der Waals surface area contributed by atoms with Crippen LogP contribution >= 0.6 is 0 Å². The Morgan fingerprint density at radius 2 is 2.17 bits per heavy atom. The molecule has 0 heterocycles. The number of rotatable bonds is 1. The highest BCUT2D eigenvalue weighted by molar-refractivity contribution is 6.05. The first-order valence-corrected chi connectivity index (χ1v) is 4.04. The van der Waals surface area contributed by atoms with E-state index in [4.69, 9.17) is 0 Å². The molecule has 0 saturated heterocycles. The van der Waals surface area contributed by atoms with Crippen molar-refractivity contribution in [2.45, 2.75) is 13.8 Å². The van der Waals surface area contributed by atoms with E-state index in [9.17, 15) is 4.79 Å².